The van der Waals surface area contributed by atoms with Gasteiger partial charge >= 0.3 is 0 Å². The molecule has 4 aromatic carbocycles. The van der Waals surface area contributed by atoms with E-state index >= 15 is 0 Å². The second kappa shape index (κ2) is 14.5. The first kappa shape index (κ1) is 31.1. The standard InChI is InChI=1S/C38H38N2O6/c1-27-9-5-6-10-30(27)26-45-31-17-15-28(16-18-31)36(41)34-35(29-11-7-14-33(25-29)46-32-12-3-2-4-13-32)40(38(43)37(34)42)20-8-19-39-21-23-44-24-22-39/h2-7,9-18,25,35,41H,8,19-24,26H2,1H3/b36-34+. The van der Waals surface area contributed by atoms with Crippen molar-refractivity contribution in [3.8, 4) is 17.2 Å². The summed E-state index contributed by atoms with van der Waals surface area (Å²) in [6, 6.07) is 31.0. The third-order valence-electron chi connectivity index (χ3n) is 8.45. The van der Waals surface area contributed by atoms with Crippen LogP contribution < -0.4 is 9.47 Å². The van der Waals surface area contributed by atoms with Crippen molar-refractivity contribution in [2.24, 2.45) is 0 Å². The Bertz CT molecular complexity index is 1700. The van der Waals surface area contributed by atoms with E-state index < -0.39 is 17.7 Å². The molecule has 236 valence electrons. The number of morpholine rings is 1. The summed E-state index contributed by atoms with van der Waals surface area (Å²) in [5, 5.41) is 11.6. The van der Waals surface area contributed by atoms with Crippen LogP contribution in [0.1, 0.15) is 34.7 Å². The van der Waals surface area contributed by atoms with Gasteiger partial charge in [0.15, 0.2) is 0 Å². The van der Waals surface area contributed by atoms with Crippen LogP contribution in [0, 0.1) is 6.92 Å². The van der Waals surface area contributed by atoms with Crippen molar-refractivity contribution in [2.75, 3.05) is 39.4 Å². The van der Waals surface area contributed by atoms with Gasteiger partial charge in [-0.1, -0.05) is 54.6 Å². The van der Waals surface area contributed by atoms with E-state index in [9.17, 15) is 14.7 Å². The first-order valence-corrected chi connectivity index (χ1v) is 15.7. The summed E-state index contributed by atoms with van der Waals surface area (Å²) < 4.78 is 17.5. The SMILES string of the molecule is Cc1ccccc1COc1ccc(/C(O)=C2\C(=O)C(=O)N(CCCN3CCOCC3)C2c2cccc(Oc3ccccc3)c2)cc1. The highest BCUT2D eigenvalue weighted by Crippen LogP contribution is 2.41. The average Bonchev–Trinajstić information content (AvgIpc) is 3.34. The Morgan fingerprint density at radius 2 is 1.54 bits per heavy atom. The molecular formula is C38H38N2O6. The van der Waals surface area contributed by atoms with Crippen LogP contribution in [0.4, 0.5) is 0 Å². The summed E-state index contributed by atoms with van der Waals surface area (Å²) in [5.41, 5.74) is 3.39. The molecule has 0 radical (unpaired) electrons. The summed E-state index contributed by atoms with van der Waals surface area (Å²) in [4.78, 5) is 31.0. The Kier molecular flexibility index (Phi) is 9.76. The van der Waals surface area contributed by atoms with Crippen molar-refractivity contribution < 1.29 is 28.9 Å². The number of aryl methyl sites for hydroxylation is 1. The van der Waals surface area contributed by atoms with E-state index in [-0.39, 0.29) is 11.3 Å². The van der Waals surface area contributed by atoms with Crippen LogP contribution in [0.2, 0.25) is 0 Å². The highest BCUT2D eigenvalue weighted by molar-refractivity contribution is 6.46. The molecule has 46 heavy (non-hydrogen) atoms. The van der Waals surface area contributed by atoms with Crippen LogP contribution in [-0.4, -0.2) is 66.0 Å². The molecule has 0 aromatic heterocycles. The fourth-order valence-corrected chi connectivity index (χ4v) is 5.92. The Balaban J connectivity index is 1.28. The molecule has 8 heteroatoms. The average molecular weight is 619 g/mol. The zero-order chi connectivity index (χ0) is 31.9. The van der Waals surface area contributed by atoms with Crippen molar-refractivity contribution in [1.82, 2.24) is 9.80 Å². The minimum absolute atomic E-state index is 0.0572. The minimum atomic E-state index is -0.777. The van der Waals surface area contributed by atoms with Gasteiger partial charge in [0, 0.05) is 31.7 Å². The number of hydrogen-bond donors (Lipinski definition) is 1. The van der Waals surface area contributed by atoms with Crippen LogP contribution in [0.3, 0.4) is 0 Å². The molecule has 1 amide bonds. The molecule has 8 nitrogen and oxygen atoms in total. The maximum Gasteiger partial charge on any atom is 0.295 e. The van der Waals surface area contributed by atoms with Gasteiger partial charge in [0.25, 0.3) is 11.7 Å². The molecule has 2 saturated heterocycles. The van der Waals surface area contributed by atoms with Crippen molar-refractivity contribution in [3.63, 3.8) is 0 Å². The van der Waals surface area contributed by atoms with Gasteiger partial charge in [-0.05, 0) is 78.6 Å². The van der Waals surface area contributed by atoms with E-state index in [0.717, 1.165) is 30.8 Å². The van der Waals surface area contributed by atoms with Crippen LogP contribution in [0.15, 0.2) is 109 Å². The van der Waals surface area contributed by atoms with Crippen molar-refractivity contribution in [2.45, 2.75) is 26.0 Å². The summed E-state index contributed by atoms with van der Waals surface area (Å²) >= 11 is 0. The zero-order valence-corrected chi connectivity index (χ0v) is 25.9. The number of aliphatic hydroxyl groups excluding tert-OH is 1. The van der Waals surface area contributed by atoms with E-state index in [1.54, 1.807) is 29.2 Å². The fraction of sp³-hybridized carbons (Fsp3) is 0.263. The number of Topliss-reactive ketones (excluding diaryl/α,β-unsaturated/α-hetero) is 1. The van der Waals surface area contributed by atoms with Gasteiger partial charge in [-0.3, -0.25) is 14.5 Å². The lowest BCUT2D eigenvalue weighted by Crippen LogP contribution is -2.38. The highest BCUT2D eigenvalue weighted by Gasteiger charge is 2.46. The number of ketones is 1. The first-order chi connectivity index (χ1) is 22.5. The number of aliphatic hydroxyl groups is 1. The molecule has 1 atom stereocenters. The van der Waals surface area contributed by atoms with E-state index in [1.165, 1.54) is 0 Å². The number of benzene rings is 4. The number of amides is 1. The number of carbonyl (C=O) groups excluding carboxylic acids is 2. The minimum Gasteiger partial charge on any atom is -0.507 e. The molecule has 1 unspecified atom stereocenters. The van der Waals surface area contributed by atoms with E-state index in [0.29, 0.717) is 61.2 Å². The van der Waals surface area contributed by atoms with Crippen LogP contribution >= 0.6 is 0 Å². The number of para-hydroxylation sites is 1. The van der Waals surface area contributed by atoms with Gasteiger partial charge < -0.3 is 24.2 Å². The Labute approximate surface area is 269 Å². The van der Waals surface area contributed by atoms with Crippen molar-refractivity contribution in [1.29, 1.82) is 0 Å². The Morgan fingerprint density at radius 1 is 0.826 bits per heavy atom. The van der Waals surface area contributed by atoms with Crippen LogP contribution in [0.5, 0.6) is 17.2 Å². The second-order valence-electron chi connectivity index (χ2n) is 11.5. The maximum absolute atomic E-state index is 13.6. The summed E-state index contributed by atoms with van der Waals surface area (Å²) in [7, 11) is 0. The van der Waals surface area contributed by atoms with Gasteiger partial charge in [-0.25, -0.2) is 0 Å². The second-order valence-corrected chi connectivity index (χ2v) is 11.5. The predicted molar refractivity (Wildman–Crippen MR) is 176 cm³/mol. The number of carbonyl (C=O) groups is 2. The summed E-state index contributed by atoms with van der Waals surface area (Å²) in [6.45, 7) is 6.65. The number of nitrogens with zero attached hydrogens (tertiary/aromatic N) is 2. The van der Waals surface area contributed by atoms with E-state index in [2.05, 4.69) is 4.90 Å². The molecule has 2 aliphatic rings. The third kappa shape index (κ3) is 7.14. The van der Waals surface area contributed by atoms with Gasteiger partial charge in [0.05, 0.1) is 24.8 Å². The molecule has 2 aliphatic heterocycles. The molecule has 2 fully saturated rings. The van der Waals surface area contributed by atoms with Gasteiger partial charge in [0.1, 0.15) is 29.6 Å². The Morgan fingerprint density at radius 3 is 2.30 bits per heavy atom. The molecule has 4 aromatic rings. The zero-order valence-electron chi connectivity index (χ0n) is 25.9. The van der Waals surface area contributed by atoms with Gasteiger partial charge in [-0.15, -0.1) is 0 Å². The smallest absolute Gasteiger partial charge is 0.295 e. The normalized spacial score (nSPS) is 18.1. The molecular weight excluding hydrogens is 580 g/mol. The van der Waals surface area contributed by atoms with Gasteiger partial charge in [-0.2, -0.15) is 0 Å². The topological polar surface area (TPSA) is 88.5 Å². The molecule has 1 N–H and O–H groups in total. The molecule has 6 rings (SSSR count). The van der Waals surface area contributed by atoms with Gasteiger partial charge in [0.2, 0.25) is 0 Å². The number of rotatable bonds is 11. The largest absolute Gasteiger partial charge is 0.507 e. The Hall–Kier alpha value is -4.92. The van der Waals surface area contributed by atoms with Crippen molar-refractivity contribution in [3.05, 3.63) is 131 Å². The number of likely N-dealkylation sites (tertiary alicyclic amines) is 1. The van der Waals surface area contributed by atoms with Crippen LogP contribution in [-0.2, 0) is 20.9 Å². The predicted octanol–water partition coefficient (Wildman–Crippen LogP) is 6.51. The quantitative estimate of drug-likeness (QED) is 0.116. The lowest BCUT2D eigenvalue weighted by atomic mass is 9.95. The molecule has 0 aliphatic carbocycles. The van der Waals surface area contributed by atoms with Crippen molar-refractivity contribution >= 4 is 17.4 Å². The first-order valence-electron chi connectivity index (χ1n) is 15.7. The third-order valence-corrected chi connectivity index (χ3v) is 8.45. The van der Waals surface area contributed by atoms with E-state index in [4.69, 9.17) is 14.2 Å². The lowest BCUT2D eigenvalue weighted by molar-refractivity contribution is -0.140. The van der Waals surface area contributed by atoms with E-state index in [1.807, 2.05) is 85.8 Å². The fourth-order valence-electron chi connectivity index (χ4n) is 5.92. The number of ether oxygens (including phenoxy) is 3. The summed E-state index contributed by atoms with van der Waals surface area (Å²) in [6.07, 6.45) is 0.677. The lowest BCUT2D eigenvalue weighted by Gasteiger charge is -2.29. The maximum atomic E-state index is 13.6. The monoisotopic (exact) mass is 618 g/mol. The molecule has 0 bridgehead atoms. The summed E-state index contributed by atoms with van der Waals surface area (Å²) in [5.74, 6) is 0.315. The molecule has 2 heterocycles. The number of hydrogen-bond acceptors (Lipinski definition) is 7. The van der Waals surface area contributed by atoms with Crippen LogP contribution in [0.25, 0.3) is 5.76 Å². The molecule has 0 saturated carbocycles. The highest BCUT2D eigenvalue weighted by atomic mass is 16.5. The molecule has 0 spiro atoms.